The van der Waals surface area contributed by atoms with Crippen LogP contribution in [-0.2, 0) is 6.54 Å². The molecule has 0 amide bonds. The number of ether oxygens (including phenoxy) is 2. The summed E-state index contributed by atoms with van der Waals surface area (Å²) in [4.78, 5) is 2.29. The number of aliphatic hydroxyl groups excluding tert-OH is 1. The van der Waals surface area contributed by atoms with Crippen LogP contribution in [0, 0.1) is 0 Å². The maximum Gasteiger partial charge on any atom is 0.162 e. The summed E-state index contributed by atoms with van der Waals surface area (Å²) in [5.74, 6) is 1.62. The number of hydrogen-bond donors (Lipinski definition) is 1. The van der Waals surface area contributed by atoms with E-state index in [0.717, 1.165) is 42.9 Å². The van der Waals surface area contributed by atoms with Crippen molar-refractivity contribution in [2.75, 3.05) is 13.7 Å². The van der Waals surface area contributed by atoms with Gasteiger partial charge in [-0.25, -0.2) is 0 Å². The Hall–Kier alpha value is -2.04. The van der Waals surface area contributed by atoms with Crippen molar-refractivity contribution in [1.29, 1.82) is 0 Å². The fraction of sp³-hybridized carbons (Fsp3) is 0.455. The SMILES string of the molecule is CN(Cc1ccc(C2COc3ccccc3O2)cc1)C1CCCCC1O. The van der Waals surface area contributed by atoms with Crippen LogP contribution in [0.1, 0.15) is 42.9 Å². The molecular formula is C22H27NO3. The normalized spacial score (nSPS) is 25.3. The number of nitrogens with zero attached hydrogens (tertiary/aromatic N) is 1. The molecule has 3 atom stereocenters. The summed E-state index contributed by atoms with van der Waals surface area (Å²) in [6.07, 6.45) is 4.10. The minimum atomic E-state index is -0.194. The summed E-state index contributed by atoms with van der Waals surface area (Å²) in [5, 5.41) is 10.2. The number of likely N-dealkylation sites (N-methyl/N-ethyl adjacent to an activating group) is 1. The molecule has 2 aromatic carbocycles. The summed E-state index contributed by atoms with van der Waals surface area (Å²) in [5.41, 5.74) is 2.38. The first-order valence-electron chi connectivity index (χ1n) is 9.56. The van der Waals surface area contributed by atoms with Crippen molar-refractivity contribution in [3.05, 3.63) is 59.7 Å². The molecule has 0 radical (unpaired) electrons. The predicted octanol–water partition coefficient (Wildman–Crippen LogP) is 3.93. The number of hydrogen-bond acceptors (Lipinski definition) is 4. The van der Waals surface area contributed by atoms with E-state index < -0.39 is 0 Å². The molecule has 1 aliphatic heterocycles. The summed E-state index contributed by atoms with van der Waals surface area (Å²) in [7, 11) is 2.11. The number of aliphatic hydroxyl groups is 1. The highest BCUT2D eigenvalue weighted by Crippen LogP contribution is 2.35. The maximum atomic E-state index is 10.2. The van der Waals surface area contributed by atoms with Crippen LogP contribution in [0.25, 0.3) is 0 Å². The first-order valence-corrected chi connectivity index (χ1v) is 9.56. The van der Waals surface area contributed by atoms with Crippen LogP contribution in [0.15, 0.2) is 48.5 Å². The van der Waals surface area contributed by atoms with Gasteiger partial charge >= 0.3 is 0 Å². The zero-order chi connectivity index (χ0) is 17.9. The summed E-state index contributed by atoms with van der Waals surface area (Å²) in [6, 6.07) is 16.6. The number of rotatable bonds is 4. The molecule has 1 saturated carbocycles. The van der Waals surface area contributed by atoms with E-state index in [-0.39, 0.29) is 18.2 Å². The summed E-state index contributed by atoms with van der Waals surface area (Å²) < 4.78 is 11.9. The van der Waals surface area contributed by atoms with Gasteiger partial charge in [0.2, 0.25) is 0 Å². The lowest BCUT2D eigenvalue weighted by Crippen LogP contribution is -2.42. The molecule has 0 saturated heterocycles. The van der Waals surface area contributed by atoms with Crippen molar-refractivity contribution in [2.24, 2.45) is 0 Å². The number of para-hydroxylation sites is 2. The molecule has 4 nitrogen and oxygen atoms in total. The van der Waals surface area contributed by atoms with Crippen LogP contribution in [0.3, 0.4) is 0 Å². The first kappa shape index (κ1) is 17.4. The molecular weight excluding hydrogens is 326 g/mol. The van der Waals surface area contributed by atoms with Crippen molar-refractivity contribution in [1.82, 2.24) is 4.90 Å². The van der Waals surface area contributed by atoms with E-state index >= 15 is 0 Å². The Balaban J connectivity index is 1.39. The quantitative estimate of drug-likeness (QED) is 0.904. The van der Waals surface area contributed by atoms with Gasteiger partial charge in [-0.1, -0.05) is 49.2 Å². The van der Waals surface area contributed by atoms with E-state index in [9.17, 15) is 5.11 Å². The van der Waals surface area contributed by atoms with Gasteiger partial charge in [-0.3, -0.25) is 4.90 Å². The number of benzene rings is 2. The lowest BCUT2D eigenvalue weighted by atomic mass is 9.91. The fourth-order valence-corrected chi connectivity index (χ4v) is 4.03. The van der Waals surface area contributed by atoms with Gasteiger partial charge in [-0.05, 0) is 43.1 Å². The molecule has 4 rings (SSSR count). The third-order valence-electron chi connectivity index (χ3n) is 5.55. The van der Waals surface area contributed by atoms with Crippen molar-refractivity contribution in [2.45, 2.75) is 50.5 Å². The van der Waals surface area contributed by atoms with E-state index in [0.29, 0.717) is 6.61 Å². The van der Waals surface area contributed by atoms with Gasteiger partial charge in [0.05, 0.1) is 6.10 Å². The Morgan fingerprint density at radius 3 is 2.50 bits per heavy atom. The van der Waals surface area contributed by atoms with Crippen LogP contribution in [0.4, 0.5) is 0 Å². The van der Waals surface area contributed by atoms with Gasteiger partial charge in [0.1, 0.15) is 6.61 Å². The minimum Gasteiger partial charge on any atom is -0.485 e. The van der Waals surface area contributed by atoms with E-state index in [1.54, 1.807) is 0 Å². The topological polar surface area (TPSA) is 41.9 Å². The van der Waals surface area contributed by atoms with Gasteiger partial charge in [0.25, 0.3) is 0 Å². The van der Waals surface area contributed by atoms with Gasteiger partial charge in [-0.2, -0.15) is 0 Å². The van der Waals surface area contributed by atoms with E-state index in [4.69, 9.17) is 9.47 Å². The summed E-state index contributed by atoms with van der Waals surface area (Å²) >= 11 is 0. The average molecular weight is 353 g/mol. The molecule has 26 heavy (non-hydrogen) atoms. The second kappa shape index (κ2) is 7.68. The Kier molecular flexibility index (Phi) is 5.14. The minimum absolute atomic E-state index is 0.0724. The Morgan fingerprint density at radius 1 is 1.00 bits per heavy atom. The molecule has 138 valence electrons. The fourth-order valence-electron chi connectivity index (χ4n) is 4.03. The highest BCUT2D eigenvalue weighted by Gasteiger charge is 2.26. The van der Waals surface area contributed by atoms with Gasteiger partial charge < -0.3 is 14.6 Å². The standard InChI is InChI=1S/C22H27NO3/c1-23(18-6-2-3-7-19(18)24)14-16-10-12-17(13-11-16)22-15-25-20-8-4-5-9-21(20)26-22/h4-5,8-13,18-19,22,24H,2-3,6-7,14-15H2,1H3. The molecule has 2 aromatic rings. The van der Waals surface area contributed by atoms with Crippen molar-refractivity contribution in [3.8, 4) is 11.5 Å². The lowest BCUT2D eigenvalue weighted by Gasteiger charge is -2.35. The van der Waals surface area contributed by atoms with E-state index in [1.807, 2.05) is 24.3 Å². The third kappa shape index (κ3) is 3.71. The molecule has 1 heterocycles. The van der Waals surface area contributed by atoms with E-state index in [2.05, 4.69) is 36.2 Å². The first-order chi connectivity index (χ1) is 12.7. The monoisotopic (exact) mass is 353 g/mol. The third-order valence-corrected chi connectivity index (χ3v) is 5.55. The highest BCUT2D eigenvalue weighted by atomic mass is 16.6. The van der Waals surface area contributed by atoms with Gasteiger partial charge in [-0.15, -0.1) is 0 Å². The lowest BCUT2D eigenvalue weighted by molar-refractivity contribution is 0.0288. The Morgan fingerprint density at radius 2 is 1.73 bits per heavy atom. The number of fused-ring (bicyclic) bond motifs is 1. The zero-order valence-electron chi connectivity index (χ0n) is 15.3. The van der Waals surface area contributed by atoms with E-state index in [1.165, 1.54) is 12.0 Å². The van der Waals surface area contributed by atoms with Crippen LogP contribution >= 0.6 is 0 Å². The maximum absolute atomic E-state index is 10.2. The molecule has 0 aromatic heterocycles. The summed E-state index contributed by atoms with van der Waals surface area (Å²) in [6.45, 7) is 1.39. The molecule has 0 bridgehead atoms. The van der Waals surface area contributed by atoms with Crippen molar-refractivity contribution < 1.29 is 14.6 Å². The zero-order valence-corrected chi connectivity index (χ0v) is 15.3. The molecule has 1 fully saturated rings. The highest BCUT2D eigenvalue weighted by molar-refractivity contribution is 5.41. The molecule has 3 unspecified atom stereocenters. The smallest absolute Gasteiger partial charge is 0.162 e. The van der Waals surface area contributed by atoms with Crippen LogP contribution in [0.5, 0.6) is 11.5 Å². The Labute approximate surface area is 155 Å². The van der Waals surface area contributed by atoms with Crippen LogP contribution in [0.2, 0.25) is 0 Å². The molecule has 1 aliphatic carbocycles. The molecule has 2 aliphatic rings. The Bertz CT molecular complexity index is 730. The van der Waals surface area contributed by atoms with Gasteiger partial charge in [0.15, 0.2) is 17.6 Å². The molecule has 0 spiro atoms. The van der Waals surface area contributed by atoms with Crippen molar-refractivity contribution in [3.63, 3.8) is 0 Å². The van der Waals surface area contributed by atoms with Crippen molar-refractivity contribution >= 4 is 0 Å². The largest absolute Gasteiger partial charge is 0.485 e. The predicted molar refractivity (Wildman–Crippen MR) is 101 cm³/mol. The molecule has 1 N–H and O–H groups in total. The average Bonchev–Trinajstić information content (AvgIpc) is 2.68. The van der Waals surface area contributed by atoms with Gasteiger partial charge in [0, 0.05) is 12.6 Å². The van der Waals surface area contributed by atoms with Crippen LogP contribution < -0.4 is 9.47 Å². The second-order valence-corrected chi connectivity index (χ2v) is 7.44. The second-order valence-electron chi connectivity index (χ2n) is 7.44. The molecule has 4 heteroatoms. The van der Waals surface area contributed by atoms with Crippen LogP contribution in [-0.4, -0.2) is 35.8 Å².